The molecular weight excluding hydrogens is 474 g/mol. The Labute approximate surface area is 173 Å². The van der Waals surface area contributed by atoms with E-state index in [4.69, 9.17) is 0 Å². The van der Waals surface area contributed by atoms with E-state index in [-0.39, 0.29) is 0 Å². The van der Waals surface area contributed by atoms with Gasteiger partial charge in [0.05, 0.1) is 0 Å². The predicted molar refractivity (Wildman–Crippen MR) is 118 cm³/mol. The normalized spacial score (nSPS) is 11.5. The summed E-state index contributed by atoms with van der Waals surface area (Å²) in [5, 5.41) is 11.9. The molecule has 0 aliphatic heterocycles. The first-order valence-corrected chi connectivity index (χ1v) is 11.0. The zero-order valence-electron chi connectivity index (χ0n) is 14.0. The minimum atomic E-state index is 0.317. The molecule has 0 bridgehead atoms. The number of rotatable bonds is 5. The van der Waals surface area contributed by atoms with Crippen LogP contribution >= 0.6 is 43.6 Å². The fourth-order valence-electron chi connectivity index (χ4n) is 3.24. The molecule has 1 N–H and O–H groups in total. The van der Waals surface area contributed by atoms with E-state index >= 15 is 0 Å². The molecule has 0 amide bonds. The van der Waals surface area contributed by atoms with Gasteiger partial charge in [-0.1, -0.05) is 31.9 Å². The van der Waals surface area contributed by atoms with Gasteiger partial charge in [-0.2, -0.15) is 0 Å². The van der Waals surface area contributed by atoms with Gasteiger partial charge in [0.1, 0.15) is 5.75 Å². The first-order valence-electron chi connectivity index (χ1n) is 8.41. The smallest absolute Gasteiger partial charge is 0.115 e. The highest BCUT2D eigenvalue weighted by Gasteiger charge is 2.11. The number of hydrogen-bond acceptors (Lipinski definition) is 2. The molecule has 4 aromatic rings. The molecule has 0 saturated carbocycles. The first kappa shape index (κ1) is 18.0. The lowest BCUT2D eigenvalue weighted by atomic mass is 10.2. The van der Waals surface area contributed by atoms with E-state index in [1.807, 2.05) is 23.9 Å². The van der Waals surface area contributed by atoms with Gasteiger partial charge in [0.2, 0.25) is 0 Å². The zero-order chi connectivity index (χ0) is 18.1. The number of phenols is 1. The Hall–Kier alpha value is -1.43. The molecule has 26 heavy (non-hydrogen) atoms. The number of nitrogens with zero attached hydrogens (tertiary/aromatic N) is 1. The van der Waals surface area contributed by atoms with Crippen molar-refractivity contribution < 1.29 is 5.11 Å². The molecule has 1 aromatic heterocycles. The van der Waals surface area contributed by atoms with Crippen molar-refractivity contribution in [3.05, 3.63) is 69.6 Å². The maximum Gasteiger partial charge on any atom is 0.115 e. The number of phenolic OH excluding ortho intramolecular Hbond substituents is 1. The molecule has 0 spiro atoms. The topological polar surface area (TPSA) is 25.2 Å². The number of thioether (sulfide) groups is 1. The van der Waals surface area contributed by atoms with Crippen LogP contribution in [0.1, 0.15) is 6.42 Å². The summed E-state index contributed by atoms with van der Waals surface area (Å²) >= 11 is 9.02. The minimum absolute atomic E-state index is 0.317. The summed E-state index contributed by atoms with van der Waals surface area (Å²) in [4.78, 5) is 1.19. The fraction of sp³-hybridized carbons (Fsp3) is 0.143. The summed E-state index contributed by atoms with van der Waals surface area (Å²) in [5.41, 5.74) is 2.55. The quantitative estimate of drug-likeness (QED) is 0.236. The van der Waals surface area contributed by atoms with Crippen LogP contribution in [0.25, 0.3) is 21.8 Å². The van der Waals surface area contributed by atoms with Crippen LogP contribution in [-0.4, -0.2) is 15.4 Å². The van der Waals surface area contributed by atoms with Crippen molar-refractivity contribution in [2.24, 2.45) is 0 Å². The third-order valence-electron chi connectivity index (χ3n) is 4.42. The number of aryl methyl sites for hydroxylation is 1. The number of aromatic nitrogens is 1. The number of fused-ring (bicyclic) bond motifs is 3. The van der Waals surface area contributed by atoms with E-state index < -0.39 is 0 Å². The van der Waals surface area contributed by atoms with E-state index in [0.29, 0.717) is 5.75 Å². The van der Waals surface area contributed by atoms with Gasteiger partial charge < -0.3 is 9.67 Å². The average Bonchev–Trinajstić information content (AvgIpc) is 2.93. The Morgan fingerprint density at radius 1 is 0.808 bits per heavy atom. The molecule has 132 valence electrons. The second-order valence-corrected chi connectivity index (χ2v) is 9.17. The molecule has 0 saturated heterocycles. The number of hydrogen-bond donors (Lipinski definition) is 1. The highest BCUT2D eigenvalue weighted by atomic mass is 79.9. The Bertz CT molecular complexity index is 1010. The van der Waals surface area contributed by atoms with Gasteiger partial charge in [0, 0.05) is 42.2 Å². The van der Waals surface area contributed by atoms with Crippen molar-refractivity contribution in [2.75, 3.05) is 5.75 Å². The second kappa shape index (κ2) is 7.67. The number of halogens is 2. The van der Waals surface area contributed by atoms with Gasteiger partial charge in [0.25, 0.3) is 0 Å². The molecule has 0 aliphatic rings. The van der Waals surface area contributed by atoms with Gasteiger partial charge in [-0.15, -0.1) is 11.8 Å². The van der Waals surface area contributed by atoms with Crippen LogP contribution in [0, 0.1) is 0 Å². The highest BCUT2D eigenvalue weighted by Crippen LogP contribution is 2.33. The van der Waals surface area contributed by atoms with Gasteiger partial charge in [-0.3, -0.25) is 0 Å². The zero-order valence-corrected chi connectivity index (χ0v) is 17.9. The van der Waals surface area contributed by atoms with E-state index in [1.165, 1.54) is 26.7 Å². The summed E-state index contributed by atoms with van der Waals surface area (Å²) in [6.45, 7) is 0.981. The molecule has 0 aliphatic carbocycles. The van der Waals surface area contributed by atoms with E-state index in [1.54, 1.807) is 12.1 Å². The van der Waals surface area contributed by atoms with Crippen LogP contribution in [0.2, 0.25) is 0 Å². The van der Waals surface area contributed by atoms with Crippen molar-refractivity contribution in [1.29, 1.82) is 0 Å². The van der Waals surface area contributed by atoms with Crippen molar-refractivity contribution >= 4 is 65.4 Å². The molecule has 4 rings (SSSR count). The van der Waals surface area contributed by atoms with Gasteiger partial charge in [0.15, 0.2) is 0 Å². The highest BCUT2D eigenvalue weighted by molar-refractivity contribution is 9.10. The fourth-order valence-corrected chi connectivity index (χ4v) is 4.80. The summed E-state index contributed by atoms with van der Waals surface area (Å²) in [6, 6.07) is 20.4. The molecular formula is C21H17Br2NOS. The van der Waals surface area contributed by atoms with Crippen molar-refractivity contribution in [3.63, 3.8) is 0 Å². The predicted octanol–water partition coefficient (Wildman–Crippen LogP) is 7.21. The van der Waals surface area contributed by atoms with Crippen LogP contribution in [0.3, 0.4) is 0 Å². The SMILES string of the molecule is Oc1ccc(SCCCn2c3ccc(Br)cc3c3cc(Br)ccc32)cc1. The molecule has 2 nitrogen and oxygen atoms in total. The van der Waals surface area contributed by atoms with Crippen molar-refractivity contribution in [1.82, 2.24) is 4.57 Å². The van der Waals surface area contributed by atoms with Crippen LogP contribution in [-0.2, 0) is 6.54 Å². The van der Waals surface area contributed by atoms with Crippen LogP contribution < -0.4 is 0 Å². The molecule has 1 heterocycles. The van der Waals surface area contributed by atoms with Gasteiger partial charge >= 0.3 is 0 Å². The minimum Gasteiger partial charge on any atom is -0.508 e. The summed E-state index contributed by atoms with van der Waals surface area (Å²) in [5.74, 6) is 1.36. The first-order chi connectivity index (χ1) is 12.6. The van der Waals surface area contributed by atoms with Crippen LogP contribution in [0.4, 0.5) is 0 Å². The lowest BCUT2D eigenvalue weighted by molar-refractivity contribution is 0.475. The second-order valence-electron chi connectivity index (χ2n) is 6.17. The molecule has 5 heteroatoms. The Morgan fingerprint density at radius 2 is 1.38 bits per heavy atom. The molecule has 0 fully saturated rings. The molecule has 0 unspecified atom stereocenters. The Morgan fingerprint density at radius 3 is 1.96 bits per heavy atom. The summed E-state index contributed by atoms with van der Waals surface area (Å²) < 4.78 is 4.62. The molecule has 0 radical (unpaired) electrons. The number of benzene rings is 3. The lowest BCUT2D eigenvalue weighted by Gasteiger charge is -2.08. The third kappa shape index (κ3) is 3.66. The lowest BCUT2D eigenvalue weighted by Crippen LogP contribution is -1.98. The van der Waals surface area contributed by atoms with E-state index in [0.717, 1.165) is 27.7 Å². The largest absolute Gasteiger partial charge is 0.508 e. The molecule has 3 aromatic carbocycles. The Balaban J connectivity index is 1.58. The molecule has 0 atom stereocenters. The maximum absolute atomic E-state index is 9.37. The standard InChI is InChI=1S/C21H17Br2NOS/c22-14-2-8-20-18(12-14)19-13-15(23)3-9-21(19)24(20)10-1-11-26-17-6-4-16(25)5-7-17/h2-9,12-13,25H,1,10-11H2. The van der Waals surface area contributed by atoms with Crippen molar-refractivity contribution in [2.45, 2.75) is 17.9 Å². The number of aromatic hydroxyl groups is 1. The van der Waals surface area contributed by atoms with E-state index in [9.17, 15) is 5.11 Å². The van der Waals surface area contributed by atoms with Crippen molar-refractivity contribution in [3.8, 4) is 5.75 Å². The van der Waals surface area contributed by atoms with Gasteiger partial charge in [-0.25, -0.2) is 0 Å². The third-order valence-corrected chi connectivity index (χ3v) is 6.51. The maximum atomic E-state index is 9.37. The van der Waals surface area contributed by atoms with Crippen LogP contribution in [0.5, 0.6) is 5.75 Å². The summed E-state index contributed by atoms with van der Waals surface area (Å²) in [6.07, 6.45) is 1.08. The van der Waals surface area contributed by atoms with Crippen LogP contribution in [0.15, 0.2) is 74.5 Å². The average molecular weight is 491 g/mol. The summed E-state index contributed by atoms with van der Waals surface area (Å²) in [7, 11) is 0. The monoisotopic (exact) mass is 489 g/mol. The van der Waals surface area contributed by atoms with E-state index in [2.05, 4.69) is 72.8 Å². The Kier molecular flexibility index (Phi) is 5.30. The van der Waals surface area contributed by atoms with Gasteiger partial charge in [-0.05, 0) is 72.8 Å².